The van der Waals surface area contributed by atoms with E-state index in [-0.39, 0.29) is 5.91 Å². The number of nitrogens with zero attached hydrogens (tertiary/aromatic N) is 3. The maximum Gasteiger partial charge on any atom is 0.271 e. The molecule has 0 fully saturated rings. The molecule has 116 valence electrons. The fraction of sp³-hybridized carbons (Fsp3) is 0.118. The normalized spacial score (nSPS) is 11.4. The van der Waals surface area contributed by atoms with Crippen LogP contribution in [0.15, 0.2) is 65.3 Å². The Bertz CT molecular complexity index is 853. The molecule has 0 aliphatic heterocycles. The molecule has 0 radical (unpaired) electrons. The molecule has 6 heteroatoms. The van der Waals surface area contributed by atoms with Crippen LogP contribution in [0.5, 0.6) is 0 Å². The molecule has 2 heterocycles. The van der Waals surface area contributed by atoms with Crippen LogP contribution in [0.25, 0.3) is 11.3 Å². The summed E-state index contributed by atoms with van der Waals surface area (Å²) < 4.78 is 2.08. The fourth-order valence-electron chi connectivity index (χ4n) is 2.23. The minimum absolute atomic E-state index is 0.246. The van der Waals surface area contributed by atoms with Crippen LogP contribution >= 0.6 is 11.3 Å². The molecule has 0 saturated heterocycles. The molecule has 1 aromatic carbocycles. The zero-order valence-corrected chi connectivity index (χ0v) is 13.5. The molecule has 3 aromatic rings. The SMILES string of the molecule is CCn1c(-c2ccccc2)cs/c1=N/NC(=O)c1ccncc1. The summed E-state index contributed by atoms with van der Waals surface area (Å²) in [7, 11) is 0. The Morgan fingerprint density at radius 3 is 2.65 bits per heavy atom. The second kappa shape index (κ2) is 7.02. The van der Waals surface area contributed by atoms with Crippen LogP contribution in [0.4, 0.5) is 0 Å². The predicted octanol–water partition coefficient (Wildman–Crippen LogP) is 2.88. The molecule has 0 unspecified atom stereocenters. The Labute approximate surface area is 138 Å². The van der Waals surface area contributed by atoms with Gasteiger partial charge in [-0.1, -0.05) is 30.3 Å². The van der Waals surface area contributed by atoms with Crippen LogP contribution in [0.2, 0.25) is 0 Å². The van der Waals surface area contributed by atoms with Crippen molar-refractivity contribution in [3.8, 4) is 11.3 Å². The van der Waals surface area contributed by atoms with Gasteiger partial charge >= 0.3 is 0 Å². The molecule has 2 aromatic heterocycles. The lowest BCUT2D eigenvalue weighted by Gasteiger charge is -2.05. The van der Waals surface area contributed by atoms with E-state index in [0.717, 1.165) is 22.6 Å². The molecule has 0 spiro atoms. The molecule has 23 heavy (non-hydrogen) atoms. The Hall–Kier alpha value is -2.73. The molecule has 0 bridgehead atoms. The zero-order chi connectivity index (χ0) is 16.1. The number of rotatable bonds is 4. The molecule has 1 amide bonds. The minimum Gasteiger partial charge on any atom is -0.315 e. The first-order valence-corrected chi connectivity index (χ1v) is 8.15. The molecule has 0 aliphatic rings. The summed E-state index contributed by atoms with van der Waals surface area (Å²) in [6, 6.07) is 13.4. The summed E-state index contributed by atoms with van der Waals surface area (Å²) in [6.07, 6.45) is 3.17. The van der Waals surface area contributed by atoms with Gasteiger partial charge in [-0.15, -0.1) is 16.4 Å². The van der Waals surface area contributed by atoms with E-state index in [1.54, 1.807) is 24.5 Å². The van der Waals surface area contributed by atoms with Gasteiger partial charge in [0.25, 0.3) is 5.91 Å². The highest BCUT2D eigenvalue weighted by Crippen LogP contribution is 2.19. The number of carbonyl (C=O) groups excluding carboxylic acids is 1. The van der Waals surface area contributed by atoms with E-state index in [2.05, 4.69) is 44.5 Å². The molecule has 3 rings (SSSR count). The van der Waals surface area contributed by atoms with Crippen LogP contribution in [0.3, 0.4) is 0 Å². The highest BCUT2D eigenvalue weighted by molar-refractivity contribution is 7.07. The van der Waals surface area contributed by atoms with Gasteiger partial charge < -0.3 is 4.57 Å². The molecule has 1 N–H and O–H groups in total. The van der Waals surface area contributed by atoms with Crippen molar-refractivity contribution in [1.29, 1.82) is 0 Å². The Kier molecular flexibility index (Phi) is 4.63. The lowest BCUT2D eigenvalue weighted by atomic mass is 10.2. The highest BCUT2D eigenvalue weighted by Gasteiger charge is 2.07. The third-order valence-corrected chi connectivity index (χ3v) is 4.24. The second-order valence-electron chi connectivity index (χ2n) is 4.80. The van der Waals surface area contributed by atoms with Gasteiger partial charge in [-0.05, 0) is 24.6 Å². The molecule has 0 saturated carbocycles. The first-order chi connectivity index (χ1) is 11.3. The highest BCUT2D eigenvalue weighted by atomic mass is 32.1. The van der Waals surface area contributed by atoms with Gasteiger partial charge in [0.15, 0.2) is 0 Å². The molecule has 0 aliphatic carbocycles. The van der Waals surface area contributed by atoms with E-state index in [1.807, 2.05) is 18.2 Å². The second-order valence-corrected chi connectivity index (χ2v) is 5.64. The number of hydrogen-bond donors (Lipinski definition) is 1. The zero-order valence-electron chi connectivity index (χ0n) is 12.6. The third-order valence-electron chi connectivity index (χ3n) is 3.38. The smallest absolute Gasteiger partial charge is 0.271 e. The molecular formula is C17H16N4OS. The average molecular weight is 324 g/mol. The third kappa shape index (κ3) is 3.37. The van der Waals surface area contributed by atoms with Gasteiger partial charge in [0, 0.05) is 29.9 Å². The number of thiazole rings is 1. The number of amides is 1. The predicted molar refractivity (Wildman–Crippen MR) is 90.7 cm³/mol. The summed E-state index contributed by atoms with van der Waals surface area (Å²) in [5, 5.41) is 6.31. The van der Waals surface area contributed by atoms with Crippen molar-refractivity contribution < 1.29 is 4.79 Å². The number of aromatic nitrogens is 2. The van der Waals surface area contributed by atoms with Crippen molar-refractivity contribution in [1.82, 2.24) is 15.0 Å². The lowest BCUT2D eigenvalue weighted by Crippen LogP contribution is -2.24. The van der Waals surface area contributed by atoms with Crippen LogP contribution in [0.1, 0.15) is 17.3 Å². The first kappa shape index (κ1) is 15.2. The summed E-state index contributed by atoms with van der Waals surface area (Å²) >= 11 is 1.50. The summed E-state index contributed by atoms with van der Waals surface area (Å²) in [4.78, 5) is 16.7. The minimum atomic E-state index is -0.246. The summed E-state index contributed by atoms with van der Waals surface area (Å²) in [5.41, 5.74) is 5.36. The fourth-order valence-corrected chi connectivity index (χ4v) is 3.16. The van der Waals surface area contributed by atoms with Gasteiger partial charge in [-0.3, -0.25) is 9.78 Å². The van der Waals surface area contributed by atoms with Crippen LogP contribution in [-0.4, -0.2) is 15.5 Å². The summed E-state index contributed by atoms with van der Waals surface area (Å²) in [6.45, 7) is 2.83. The topological polar surface area (TPSA) is 59.3 Å². The van der Waals surface area contributed by atoms with Gasteiger partial charge in [-0.25, -0.2) is 5.43 Å². The van der Waals surface area contributed by atoms with Crippen molar-refractivity contribution in [2.75, 3.05) is 0 Å². The number of benzene rings is 1. The van der Waals surface area contributed by atoms with Gasteiger partial charge in [0.2, 0.25) is 4.80 Å². The molecular weight excluding hydrogens is 308 g/mol. The maximum atomic E-state index is 12.1. The molecule has 0 atom stereocenters. The van der Waals surface area contributed by atoms with Crippen LogP contribution < -0.4 is 10.2 Å². The van der Waals surface area contributed by atoms with E-state index < -0.39 is 0 Å². The van der Waals surface area contributed by atoms with Crippen molar-refractivity contribution in [3.63, 3.8) is 0 Å². The van der Waals surface area contributed by atoms with Crippen LogP contribution in [0, 0.1) is 0 Å². The quantitative estimate of drug-likeness (QED) is 0.750. The first-order valence-electron chi connectivity index (χ1n) is 7.27. The van der Waals surface area contributed by atoms with E-state index in [9.17, 15) is 4.79 Å². The van der Waals surface area contributed by atoms with E-state index in [4.69, 9.17) is 0 Å². The van der Waals surface area contributed by atoms with Crippen molar-refractivity contribution in [2.45, 2.75) is 13.5 Å². The van der Waals surface area contributed by atoms with Crippen molar-refractivity contribution in [2.24, 2.45) is 5.10 Å². The molecule has 5 nitrogen and oxygen atoms in total. The van der Waals surface area contributed by atoms with Crippen molar-refractivity contribution in [3.05, 3.63) is 70.6 Å². The van der Waals surface area contributed by atoms with E-state index in [0.29, 0.717) is 5.56 Å². The maximum absolute atomic E-state index is 12.1. The number of pyridine rings is 1. The number of carbonyl (C=O) groups is 1. The van der Waals surface area contributed by atoms with Gasteiger partial charge in [0.1, 0.15) is 0 Å². The average Bonchev–Trinajstić information content (AvgIpc) is 3.04. The van der Waals surface area contributed by atoms with E-state index >= 15 is 0 Å². The van der Waals surface area contributed by atoms with Gasteiger partial charge in [0.05, 0.1) is 5.69 Å². The Morgan fingerprint density at radius 1 is 1.22 bits per heavy atom. The monoisotopic (exact) mass is 324 g/mol. The largest absolute Gasteiger partial charge is 0.315 e. The van der Waals surface area contributed by atoms with Gasteiger partial charge in [-0.2, -0.15) is 0 Å². The number of hydrogen-bond acceptors (Lipinski definition) is 4. The summed E-state index contributed by atoms with van der Waals surface area (Å²) in [5.74, 6) is -0.246. The Balaban J connectivity index is 1.89. The lowest BCUT2D eigenvalue weighted by molar-refractivity contribution is 0.0953. The number of nitrogens with one attached hydrogen (secondary N) is 1. The van der Waals surface area contributed by atoms with Crippen molar-refractivity contribution >= 4 is 17.2 Å². The van der Waals surface area contributed by atoms with Crippen LogP contribution in [-0.2, 0) is 6.54 Å². The van der Waals surface area contributed by atoms with E-state index in [1.165, 1.54) is 11.3 Å². The standard InChI is InChI=1S/C17H16N4OS/c1-2-21-15(13-6-4-3-5-7-13)12-23-17(21)20-19-16(22)14-8-10-18-11-9-14/h3-12H,2H2,1H3,(H,19,22)/b20-17+. The Morgan fingerprint density at radius 2 is 1.96 bits per heavy atom.